The minimum atomic E-state index is -5.13. The summed E-state index contributed by atoms with van der Waals surface area (Å²) in [6, 6.07) is -0.207. The van der Waals surface area contributed by atoms with Gasteiger partial charge in [-0.15, -0.1) is 0 Å². The molecule has 0 aliphatic carbocycles. The number of hydrogen-bond donors (Lipinski definition) is 1. The third kappa shape index (κ3) is 6.83. The number of amidine groups is 1. The molecule has 3 rings (SSSR count). The summed E-state index contributed by atoms with van der Waals surface area (Å²) in [5.41, 5.74) is -4.67. The van der Waals surface area contributed by atoms with E-state index in [4.69, 9.17) is 4.74 Å². The summed E-state index contributed by atoms with van der Waals surface area (Å²) in [5, 5.41) is 1.10. The number of benzene rings is 1. The first-order chi connectivity index (χ1) is 16.2. The summed E-state index contributed by atoms with van der Waals surface area (Å²) in [6.07, 6.45) is -11.2. The molecule has 2 atom stereocenters. The van der Waals surface area contributed by atoms with Gasteiger partial charge in [0, 0.05) is 10.9 Å². The average Bonchev–Trinajstić information content (AvgIpc) is 3.14. The number of amides is 2. The first-order valence-electron chi connectivity index (χ1n) is 10.3. The van der Waals surface area contributed by atoms with Crippen LogP contribution in [0.4, 0.5) is 36.8 Å². The monoisotopic (exact) mass is 561 g/mol. The van der Waals surface area contributed by atoms with Crippen molar-refractivity contribution >= 4 is 44.5 Å². The van der Waals surface area contributed by atoms with Crippen molar-refractivity contribution in [2.24, 2.45) is 4.99 Å². The van der Waals surface area contributed by atoms with Gasteiger partial charge in [0.05, 0.1) is 28.7 Å². The summed E-state index contributed by atoms with van der Waals surface area (Å²) in [5.74, 6) is -1.92. The zero-order valence-electron chi connectivity index (χ0n) is 19.0. The van der Waals surface area contributed by atoms with Gasteiger partial charge in [0.15, 0.2) is 15.0 Å². The summed E-state index contributed by atoms with van der Waals surface area (Å²) < 4.78 is 110. The van der Waals surface area contributed by atoms with E-state index < -0.39 is 85.9 Å². The number of alkyl carbamates (subject to hydrolysis) is 1. The Morgan fingerprint density at radius 3 is 2.11 bits per heavy atom. The number of carbonyl (C=O) groups excluding carboxylic acids is 2. The van der Waals surface area contributed by atoms with Crippen LogP contribution in [0.3, 0.4) is 0 Å². The second-order valence-corrected chi connectivity index (χ2v) is 12.4. The number of nitrogens with zero attached hydrogens (tertiary/aromatic N) is 2. The van der Waals surface area contributed by atoms with Gasteiger partial charge in [-0.2, -0.15) is 31.3 Å². The molecule has 0 unspecified atom stereocenters. The van der Waals surface area contributed by atoms with E-state index in [9.17, 15) is 44.3 Å². The van der Waals surface area contributed by atoms with Gasteiger partial charge in [-0.05, 0) is 39.0 Å². The first kappa shape index (κ1) is 28.1. The lowest BCUT2D eigenvalue weighted by Gasteiger charge is -2.26. The molecule has 2 aliphatic heterocycles. The molecule has 2 aliphatic rings. The van der Waals surface area contributed by atoms with Crippen LogP contribution in [0.15, 0.2) is 23.2 Å². The second-order valence-electron chi connectivity index (χ2n) is 9.08. The normalized spacial score (nSPS) is 23.0. The Bertz CT molecular complexity index is 1160. The molecule has 0 bridgehead atoms. The molecule has 36 heavy (non-hydrogen) atoms. The highest BCUT2D eigenvalue weighted by Crippen LogP contribution is 2.44. The number of aliphatic imine (C=N–C) groups is 1. The highest BCUT2D eigenvalue weighted by atomic mass is 32.2. The highest BCUT2D eigenvalue weighted by molar-refractivity contribution is 8.16. The maximum atomic E-state index is 13.4. The van der Waals surface area contributed by atoms with Crippen LogP contribution >= 0.6 is 11.8 Å². The Labute approximate surface area is 206 Å². The van der Waals surface area contributed by atoms with E-state index in [-0.39, 0.29) is 11.2 Å². The molecule has 2 heterocycles. The van der Waals surface area contributed by atoms with Gasteiger partial charge in [-0.3, -0.25) is 4.79 Å². The largest absolute Gasteiger partial charge is 0.444 e. The molecular weight excluding hydrogens is 540 g/mol. The number of anilines is 1. The molecule has 200 valence electrons. The van der Waals surface area contributed by atoms with Crippen molar-refractivity contribution in [1.29, 1.82) is 0 Å². The number of halogens is 6. The van der Waals surface area contributed by atoms with E-state index in [1.54, 1.807) is 20.8 Å². The molecule has 8 nitrogen and oxygen atoms in total. The Kier molecular flexibility index (Phi) is 7.36. The maximum Gasteiger partial charge on any atom is 0.416 e. The lowest BCUT2D eigenvalue weighted by molar-refractivity contribution is -0.143. The van der Waals surface area contributed by atoms with Gasteiger partial charge in [0.1, 0.15) is 12.1 Å². The van der Waals surface area contributed by atoms with Gasteiger partial charge in [-0.1, -0.05) is 11.8 Å². The van der Waals surface area contributed by atoms with E-state index in [1.807, 2.05) is 0 Å². The van der Waals surface area contributed by atoms with Crippen molar-refractivity contribution in [3.8, 4) is 0 Å². The first-order valence-corrected chi connectivity index (χ1v) is 13.0. The number of hydrogen-bond acceptors (Lipinski definition) is 6. The number of nitrogens with one attached hydrogen (secondary N) is 1. The highest BCUT2D eigenvalue weighted by Gasteiger charge is 2.50. The van der Waals surface area contributed by atoms with E-state index in [0.29, 0.717) is 12.1 Å². The Morgan fingerprint density at radius 2 is 1.61 bits per heavy atom. The van der Waals surface area contributed by atoms with E-state index >= 15 is 0 Å². The molecule has 0 radical (unpaired) electrons. The third-order valence-electron chi connectivity index (χ3n) is 4.92. The minimum absolute atomic E-state index is 0.0533. The zero-order valence-corrected chi connectivity index (χ0v) is 20.7. The van der Waals surface area contributed by atoms with Crippen molar-refractivity contribution in [2.75, 3.05) is 23.0 Å². The van der Waals surface area contributed by atoms with Gasteiger partial charge in [-0.25, -0.2) is 13.2 Å². The Hall–Kier alpha value is -2.49. The van der Waals surface area contributed by atoms with Crippen molar-refractivity contribution in [3.05, 3.63) is 29.3 Å². The molecule has 1 N–H and O–H groups in total. The molecule has 1 aromatic carbocycles. The SMILES string of the molecule is CC(C)(C)OC(=O)NCC(=O)N=C1S[C@H]2CS(=O)(=O)C[C@H]2N1c1cc(C(F)(F)F)cc(C(F)(F)F)c1. The van der Waals surface area contributed by atoms with Crippen LogP contribution in [0.25, 0.3) is 0 Å². The van der Waals surface area contributed by atoms with Crippen LogP contribution < -0.4 is 10.2 Å². The summed E-state index contributed by atoms with van der Waals surface area (Å²) in [4.78, 5) is 28.8. The number of thioether (sulfide) groups is 1. The van der Waals surface area contributed by atoms with Crippen LogP contribution in [0.1, 0.15) is 31.9 Å². The van der Waals surface area contributed by atoms with Crippen LogP contribution in [0, 0.1) is 0 Å². The molecule has 1 aromatic rings. The number of fused-ring (bicyclic) bond motifs is 1. The van der Waals surface area contributed by atoms with Gasteiger partial charge in [0.25, 0.3) is 5.91 Å². The Morgan fingerprint density at radius 1 is 1.06 bits per heavy atom. The fraction of sp³-hybridized carbons (Fsp3) is 0.550. The number of alkyl halides is 6. The lowest BCUT2D eigenvalue weighted by atomic mass is 10.1. The summed E-state index contributed by atoms with van der Waals surface area (Å²) in [6.45, 7) is 4.08. The van der Waals surface area contributed by atoms with Crippen LogP contribution in [-0.2, 0) is 31.7 Å². The summed E-state index contributed by atoms with van der Waals surface area (Å²) >= 11 is 0.755. The van der Waals surface area contributed by atoms with Crippen molar-refractivity contribution in [1.82, 2.24) is 5.32 Å². The predicted molar refractivity (Wildman–Crippen MR) is 119 cm³/mol. The Balaban J connectivity index is 1.99. The number of carbonyl (C=O) groups is 2. The van der Waals surface area contributed by atoms with Crippen LogP contribution in [0.2, 0.25) is 0 Å². The van der Waals surface area contributed by atoms with Crippen LogP contribution in [0.5, 0.6) is 0 Å². The number of rotatable bonds is 3. The van der Waals surface area contributed by atoms with Gasteiger partial charge < -0.3 is 15.0 Å². The van der Waals surface area contributed by atoms with Crippen LogP contribution in [-0.4, -0.2) is 60.5 Å². The van der Waals surface area contributed by atoms with E-state index in [2.05, 4.69) is 10.3 Å². The average molecular weight is 562 g/mol. The fourth-order valence-electron chi connectivity index (χ4n) is 3.55. The maximum absolute atomic E-state index is 13.4. The third-order valence-corrected chi connectivity index (χ3v) is 8.13. The number of ether oxygens (including phenoxy) is 1. The molecule has 2 amide bonds. The smallest absolute Gasteiger partial charge is 0.416 e. The zero-order chi connectivity index (χ0) is 27.3. The quantitative estimate of drug-likeness (QED) is 0.559. The number of sulfone groups is 1. The van der Waals surface area contributed by atoms with Gasteiger partial charge in [0.2, 0.25) is 0 Å². The molecular formula is C20H21F6N3O5S2. The summed E-state index contributed by atoms with van der Waals surface area (Å²) in [7, 11) is -3.63. The molecule has 0 aromatic heterocycles. The lowest BCUT2D eigenvalue weighted by Crippen LogP contribution is -2.39. The van der Waals surface area contributed by atoms with E-state index in [0.717, 1.165) is 16.7 Å². The fourth-order valence-corrected chi connectivity index (χ4v) is 7.48. The van der Waals surface area contributed by atoms with Crippen molar-refractivity contribution in [2.45, 2.75) is 50.0 Å². The second kappa shape index (κ2) is 9.43. The van der Waals surface area contributed by atoms with E-state index in [1.165, 1.54) is 0 Å². The molecule has 2 saturated heterocycles. The molecule has 0 saturated carbocycles. The molecule has 16 heteroatoms. The molecule has 2 fully saturated rings. The van der Waals surface area contributed by atoms with Crippen molar-refractivity contribution in [3.63, 3.8) is 0 Å². The van der Waals surface area contributed by atoms with Gasteiger partial charge >= 0.3 is 18.4 Å². The van der Waals surface area contributed by atoms with Crippen molar-refractivity contribution < 1.29 is 49.1 Å². The topological polar surface area (TPSA) is 105 Å². The standard InChI is InChI=1S/C20H21F6N3O5S2/c1-18(2,3)34-17(31)27-7-15(30)28-16-29(13-8-36(32,33)9-14(13)35-16)12-5-10(19(21,22)23)4-11(6-12)20(24,25)26/h4-6,13-14H,7-9H2,1-3H3,(H,27,31)/t13-,14+/m1/s1. The predicted octanol–water partition coefficient (Wildman–Crippen LogP) is 3.85. The molecule has 0 spiro atoms. The minimum Gasteiger partial charge on any atom is -0.444 e.